The lowest BCUT2D eigenvalue weighted by molar-refractivity contribution is -0.123. The van der Waals surface area contributed by atoms with Gasteiger partial charge in [-0.15, -0.1) is 0 Å². The molecule has 1 aromatic carbocycles. The molecule has 1 atom stereocenters. The van der Waals surface area contributed by atoms with E-state index in [1.165, 1.54) is 11.1 Å². The predicted molar refractivity (Wildman–Crippen MR) is 68.7 cm³/mol. The van der Waals surface area contributed by atoms with Gasteiger partial charge in [-0.3, -0.25) is 4.79 Å². The maximum absolute atomic E-state index is 11.8. The van der Waals surface area contributed by atoms with Crippen LogP contribution in [0.3, 0.4) is 0 Å². The highest BCUT2D eigenvalue weighted by Gasteiger charge is 2.24. The Morgan fingerprint density at radius 3 is 2.53 bits per heavy atom. The van der Waals surface area contributed by atoms with Gasteiger partial charge in [0.25, 0.3) is 0 Å². The Hall–Kier alpha value is -1.35. The topological polar surface area (TPSA) is 55.1 Å². The smallest absolute Gasteiger partial charge is 0.237 e. The Balaban J connectivity index is 1.89. The molecule has 0 saturated heterocycles. The normalized spacial score (nSPS) is 16.6. The number of carbonyl (C=O) groups is 1. The van der Waals surface area contributed by atoms with E-state index in [1.54, 1.807) is 0 Å². The summed E-state index contributed by atoms with van der Waals surface area (Å²) >= 11 is 0. The van der Waals surface area contributed by atoms with Gasteiger partial charge >= 0.3 is 0 Å². The van der Waals surface area contributed by atoms with Crippen molar-refractivity contribution in [2.75, 3.05) is 0 Å². The minimum atomic E-state index is -0.358. The lowest BCUT2D eigenvalue weighted by Crippen LogP contribution is -2.45. The van der Waals surface area contributed by atoms with Crippen molar-refractivity contribution in [1.29, 1.82) is 0 Å². The van der Waals surface area contributed by atoms with Crippen LogP contribution < -0.4 is 11.1 Å². The van der Waals surface area contributed by atoms with Crippen LogP contribution in [0.4, 0.5) is 0 Å². The lowest BCUT2D eigenvalue weighted by atomic mass is 10.1. The fourth-order valence-electron chi connectivity index (χ4n) is 2.41. The third-order valence-corrected chi connectivity index (χ3v) is 3.33. The van der Waals surface area contributed by atoms with Crippen molar-refractivity contribution in [3.63, 3.8) is 0 Å². The lowest BCUT2D eigenvalue weighted by Gasteiger charge is -2.16. The quantitative estimate of drug-likeness (QED) is 0.824. The molecule has 92 valence electrons. The highest BCUT2D eigenvalue weighted by atomic mass is 16.2. The van der Waals surface area contributed by atoms with Crippen molar-refractivity contribution in [3.8, 4) is 0 Å². The number of rotatable bonds is 4. The van der Waals surface area contributed by atoms with Crippen molar-refractivity contribution in [2.45, 2.75) is 44.7 Å². The van der Waals surface area contributed by atoms with E-state index in [2.05, 4.69) is 17.4 Å². The van der Waals surface area contributed by atoms with E-state index in [9.17, 15) is 4.79 Å². The molecular weight excluding hydrogens is 212 g/mol. The molecule has 0 aliphatic heterocycles. The van der Waals surface area contributed by atoms with E-state index in [0.29, 0.717) is 0 Å². The molecular formula is C14H20N2O. The standard InChI is InChI=1S/C14H20N2O/c1-2-5-13(15)14(17)16-12-8-10-6-3-4-7-11(10)9-12/h3-4,6-7,12-13H,2,5,8-9,15H2,1H3,(H,16,17). The predicted octanol–water partition coefficient (Wildman–Crippen LogP) is 1.40. The van der Waals surface area contributed by atoms with Gasteiger partial charge in [0.2, 0.25) is 5.91 Å². The van der Waals surface area contributed by atoms with Crippen molar-refractivity contribution < 1.29 is 4.79 Å². The molecule has 1 aromatic rings. The van der Waals surface area contributed by atoms with E-state index >= 15 is 0 Å². The fourth-order valence-corrected chi connectivity index (χ4v) is 2.41. The van der Waals surface area contributed by atoms with Crippen LogP contribution in [0.25, 0.3) is 0 Å². The first-order chi connectivity index (χ1) is 8.20. The second kappa shape index (κ2) is 5.32. The largest absolute Gasteiger partial charge is 0.351 e. The van der Waals surface area contributed by atoms with Gasteiger partial charge in [-0.25, -0.2) is 0 Å². The van der Waals surface area contributed by atoms with Crippen LogP contribution in [0.2, 0.25) is 0 Å². The van der Waals surface area contributed by atoms with Crippen LogP contribution in [0.15, 0.2) is 24.3 Å². The number of carbonyl (C=O) groups excluding carboxylic acids is 1. The van der Waals surface area contributed by atoms with Gasteiger partial charge in [-0.05, 0) is 30.4 Å². The van der Waals surface area contributed by atoms with Gasteiger partial charge in [-0.1, -0.05) is 37.6 Å². The van der Waals surface area contributed by atoms with Gasteiger partial charge < -0.3 is 11.1 Å². The maximum atomic E-state index is 11.8. The fraction of sp³-hybridized carbons (Fsp3) is 0.500. The van der Waals surface area contributed by atoms with Gasteiger partial charge in [0, 0.05) is 6.04 Å². The molecule has 2 rings (SSSR count). The molecule has 0 heterocycles. The molecule has 1 aliphatic carbocycles. The molecule has 1 unspecified atom stereocenters. The van der Waals surface area contributed by atoms with Gasteiger partial charge in [0.15, 0.2) is 0 Å². The summed E-state index contributed by atoms with van der Waals surface area (Å²) < 4.78 is 0. The van der Waals surface area contributed by atoms with Crippen molar-refractivity contribution in [2.24, 2.45) is 5.73 Å². The summed E-state index contributed by atoms with van der Waals surface area (Å²) in [6.07, 6.45) is 3.56. The van der Waals surface area contributed by atoms with Crippen LogP contribution in [0.5, 0.6) is 0 Å². The average molecular weight is 232 g/mol. The number of nitrogens with two attached hydrogens (primary N) is 1. The number of nitrogens with one attached hydrogen (secondary N) is 1. The molecule has 1 amide bonds. The van der Waals surface area contributed by atoms with Crippen LogP contribution in [0.1, 0.15) is 30.9 Å². The second-order valence-corrected chi connectivity index (χ2v) is 4.78. The molecule has 0 saturated carbocycles. The highest BCUT2D eigenvalue weighted by Crippen LogP contribution is 2.21. The summed E-state index contributed by atoms with van der Waals surface area (Å²) in [6.45, 7) is 2.04. The first-order valence-electron chi connectivity index (χ1n) is 6.33. The monoisotopic (exact) mass is 232 g/mol. The molecule has 0 radical (unpaired) electrons. The maximum Gasteiger partial charge on any atom is 0.237 e. The molecule has 17 heavy (non-hydrogen) atoms. The summed E-state index contributed by atoms with van der Waals surface area (Å²) in [5.74, 6) is -0.00958. The zero-order chi connectivity index (χ0) is 12.3. The van der Waals surface area contributed by atoms with Crippen LogP contribution >= 0.6 is 0 Å². The van der Waals surface area contributed by atoms with Crippen LogP contribution in [-0.2, 0) is 17.6 Å². The Morgan fingerprint density at radius 1 is 1.41 bits per heavy atom. The SMILES string of the molecule is CCCC(N)C(=O)NC1Cc2ccccc2C1. The molecule has 3 nitrogen and oxygen atoms in total. The van der Waals surface area contributed by atoms with Crippen molar-refractivity contribution >= 4 is 5.91 Å². The van der Waals surface area contributed by atoms with Gasteiger partial charge in [-0.2, -0.15) is 0 Å². The summed E-state index contributed by atoms with van der Waals surface area (Å²) in [5.41, 5.74) is 8.50. The molecule has 3 N–H and O–H groups in total. The third kappa shape index (κ3) is 2.86. The summed E-state index contributed by atoms with van der Waals surface area (Å²) in [5, 5.41) is 3.05. The zero-order valence-corrected chi connectivity index (χ0v) is 10.3. The first kappa shape index (κ1) is 12.1. The van der Waals surface area contributed by atoms with E-state index in [1.807, 2.05) is 19.1 Å². The minimum absolute atomic E-state index is 0.00958. The Labute approximate surface area is 102 Å². The summed E-state index contributed by atoms with van der Waals surface area (Å²) in [4.78, 5) is 11.8. The number of amides is 1. The number of hydrogen-bond acceptors (Lipinski definition) is 2. The number of benzene rings is 1. The second-order valence-electron chi connectivity index (χ2n) is 4.78. The van der Waals surface area contributed by atoms with Gasteiger partial charge in [0.05, 0.1) is 6.04 Å². The Bertz CT molecular complexity index is 378. The molecule has 0 spiro atoms. The number of fused-ring (bicyclic) bond motifs is 1. The van der Waals surface area contributed by atoms with E-state index in [-0.39, 0.29) is 18.0 Å². The molecule has 0 bridgehead atoms. The highest BCUT2D eigenvalue weighted by molar-refractivity contribution is 5.81. The summed E-state index contributed by atoms with van der Waals surface area (Å²) in [6, 6.07) is 8.23. The summed E-state index contributed by atoms with van der Waals surface area (Å²) in [7, 11) is 0. The molecule has 0 aromatic heterocycles. The van der Waals surface area contributed by atoms with Crippen LogP contribution in [-0.4, -0.2) is 18.0 Å². The number of hydrogen-bond donors (Lipinski definition) is 2. The molecule has 3 heteroatoms. The zero-order valence-electron chi connectivity index (χ0n) is 10.3. The Kier molecular flexibility index (Phi) is 3.79. The van der Waals surface area contributed by atoms with E-state index in [4.69, 9.17) is 5.73 Å². The molecule has 1 aliphatic rings. The minimum Gasteiger partial charge on any atom is -0.351 e. The third-order valence-electron chi connectivity index (χ3n) is 3.33. The van der Waals surface area contributed by atoms with Gasteiger partial charge in [0.1, 0.15) is 0 Å². The van der Waals surface area contributed by atoms with E-state index < -0.39 is 0 Å². The van der Waals surface area contributed by atoms with Crippen LogP contribution in [0, 0.1) is 0 Å². The Morgan fingerprint density at radius 2 is 2.00 bits per heavy atom. The average Bonchev–Trinajstić information content (AvgIpc) is 2.71. The van der Waals surface area contributed by atoms with E-state index in [0.717, 1.165) is 25.7 Å². The van der Waals surface area contributed by atoms with Crippen molar-refractivity contribution in [3.05, 3.63) is 35.4 Å². The van der Waals surface area contributed by atoms with Crippen molar-refractivity contribution in [1.82, 2.24) is 5.32 Å². The molecule has 0 fully saturated rings. The first-order valence-corrected chi connectivity index (χ1v) is 6.33.